The van der Waals surface area contributed by atoms with E-state index in [9.17, 15) is 23.1 Å². The highest BCUT2D eigenvalue weighted by Gasteiger charge is 2.40. The third-order valence-electron chi connectivity index (χ3n) is 7.39. The molecule has 2 aliphatic rings. The SMILES string of the molecule is C[C@H]1CC[C@@H](Oc2ccc3c(CNC4(C(=O)O)CCCCC4)cccc3c2C(F)(F)F)CC1. The normalized spacial score (nSPS) is 23.4. The summed E-state index contributed by atoms with van der Waals surface area (Å²) in [4.78, 5) is 12.0. The van der Waals surface area contributed by atoms with Gasteiger partial charge in [-0.05, 0) is 66.8 Å². The Morgan fingerprint density at radius 3 is 2.39 bits per heavy atom. The maximum atomic E-state index is 14.2. The lowest BCUT2D eigenvalue weighted by atomic mass is 9.81. The number of carbonyl (C=O) groups is 1. The fourth-order valence-electron chi connectivity index (χ4n) is 5.36. The molecule has 0 unspecified atom stereocenters. The predicted octanol–water partition coefficient (Wildman–Crippen LogP) is 6.69. The number of rotatable bonds is 6. The molecule has 0 aliphatic heterocycles. The van der Waals surface area contributed by atoms with E-state index in [0.29, 0.717) is 29.7 Å². The number of halogens is 3. The van der Waals surface area contributed by atoms with Crippen molar-refractivity contribution in [3.63, 3.8) is 0 Å². The molecule has 0 heterocycles. The quantitative estimate of drug-likeness (QED) is 0.501. The van der Waals surface area contributed by atoms with Gasteiger partial charge < -0.3 is 9.84 Å². The van der Waals surface area contributed by atoms with E-state index in [4.69, 9.17) is 4.74 Å². The van der Waals surface area contributed by atoms with Crippen LogP contribution in [0.2, 0.25) is 0 Å². The molecule has 0 aromatic heterocycles. The van der Waals surface area contributed by atoms with Gasteiger partial charge in [-0.1, -0.05) is 50.5 Å². The zero-order valence-electron chi connectivity index (χ0n) is 19.0. The number of benzene rings is 2. The Kier molecular flexibility index (Phi) is 6.89. The summed E-state index contributed by atoms with van der Waals surface area (Å²) in [6, 6.07) is 7.95. The predicted molar refractivity (Wildman–Crippen MR) is 121 cm³/mol. The molecule has 0 amide bonds. The van der Waals surface area contributed by atoms with Crippen LogP contribution >= 0.6 is 0 Å². The summed E-state index contributed by atoms with van der Waals surface area (Å²) < 4.78 is 48.5. The van der Waals surface area contributed by atoms with Crippen molar-refractivity contribution >= 4 is 16.7 Å². The zero-order chi connectivity index (χ0) is 23.6. The maximum absolute atomic E-state index is 14.2. The Morgan fingerprint density at radius 2 is 1.76 bits per heavy atom. The van der Waals surface area contributed by atoms with Gasteiger partial charge in [0.1, 0.15) is 16.9 Å². The molecular formula is C26H32F3NO3. The molecule has 0 spiro atoms. The molecule has 4 nitrogen and oxygen atoms in total. The van der Waals surface area contributed by atoms with Crippen LogP contribution in [0.3, 0.4) is 0 Å². The molecule has 0 saturated heterocycles. The number of fused-ring (bicyclic) bond motifs is 1. The van der Waals surface area contributed by atoms with Crippen molar-refractivity contribution < 1.29 is 27.8 Å². The van der Waals surface area contributed by atoms with E-state index in [-0.39, 0.29) is 23.8 Å². The first kappa shape index (κ1) is 23.9. The topological polar surface area (TPSA) is 58.6 Å². The van der Waals surface area contributed by atoms with Crippen LogP contribution in [0.1, 0.15) is 75.8 Å². The Hall–Kier alpha value is -2.28. The van der Waals surface area contributed by atoms with Gasteiger partial charge in [0.25, 0.3) is 0 Å². The molecule has 2 saturated carbocycles. The van der Waals surface area contributed by atoms with Gasteiger partial charge in [-0.2, -0.15) is 13.2 Å². The van der Waals surface area contributed by atoms with Gasteiger partial charge in [0.05, 0.1) is 6.10 Å². The third-order valence-corrected chi connectivity index (χ3v) is 7.39. The molecular weight excluding hydrogens is 431 g/mol. The fraction of sp³-hybridized carbons (Fsp3) is 0.577. The molecule has 2 aliphatic carbocycles. The largest absolute Gasteiger partial charge is 0.490 e. The minimum Gasteiger partial charge on any atom is -0.490 e. The highest BCUT2D eigenvalue weighted by molar-refractivity contribution is 5.91. The van der Waals surface area contributed by atoms with Gasteiger partial charge >= 0.3 is 12.1 Å². The van der Waals surface area contributed by atoms with Crippen LogP contribution < -0.4 is 10.1 Å². The molecule has 2 aromatic rings. The summed E-state index contributed by atoms with van der Waals surface area (Å²) >= 11 is 0. The van der Waals surface area contributed by atoms with E-state index < -0.39 is 23.2 Å². The van der Waals surface area contributed by atoms with E-state index in [1.165, 1.54) is 12.1 Å². The molecule has 180 valence electrons. The first-order chi connectivity index (χ1) is 15.7. The van der Waals surface area contributed by atoms with E-state index in [2.05, 4.69) is 12.2 Å². The number of hydrogen-bond donors (Lipinski definition) is 2. The second-order valence-electron chi connectivity index (χ2n) is 9.75. The fourth-order valence-corrected chi connectivity index (χ4v) is 5.36. The molecule has 0 bridgehead atoms. The summed E-state index contributed by atoms with van der Waals surface area (Å²) in [5.41, 5.74) is -1.11. The van der Waals surface area contributed by atoms with Crippen molar-refractivity contribution in [2.45, 2.75) is 89.1 Å². The summed E-state index contributed by atoms with van der Waals surface area (Å²) in [6.07, 6.45) is 2.39. The van der Waals surface area contributed by atoms with E-state index in [1.807, 2.05) is 0 Å². The third kappa shape index (κ3) is 5.13. The Balaban J connectivity index is 1.65. The van der Waals surface area contributed by atoms with Crippen molar-refractivity contribution in [1.82, 2.24) is 5.32 Å². The van der Waals surface area contributed by atoms with E-state index in [1.54, 1.807) is 18.2 Å². The summed E-state index contributed by atoms with van der Waals surface area (Å²) in [5.74, 6) is -0.429. The lowest BCUT2D eigenvalue weighted by Gasteiger charge is -2.34. The molecule has 2 fully saturated rings. The molecule has 33 heavy (non-hydrogen) atoms. The van der Waals surface area contributed by atoms with Crippen molar-refractivity contribution in [3.05, 3.63) is 41.5 Å². The Labute approximate surface area is 192 Å². The smallest absolute Gasteiger partial charge is 0.420 e. The van der Waals surface area contributed by atoms with Gasteiger partial charge in [0.15, 0.2) is 0 Å². The summed E-state index contributed by atoms with van der Waals surface area (Å²) in [6.45, 7) is 2.35. The van der Waals surface area contributed by atoms with Gasteiger partial charge in [0.2, 0.25) is 0 Å². The first-order valence-electron chi connectivity index (χ1n) is 12.0. The second kappa shape index (κ2) is 9.53. The lowest BCUT2D eigenvalue weighted by molar-refractivity contribution is -0.146. The first-order valence-corrected chi connectivity index (χ1v) is 12.0. The van der Waals surface area contributed by atoms with Gasteiger partial charge in [-0.15, -0.1) is 0 Å². The van der Waals surface area contributed by atoms with Crippen molar-refractivity contribution in [1.29, 1.82) is 0 Å². The molecule has 2 aromatic carbocycles. The zero-order valence-corrected chi connectivity index (χ0v) is 19.0. The van der Waals surface area contributed by atoms with Crippen LogP contribution in [-0.4, -0.2) is 22.7 Å². The number of ether oxygens (including phenoxy) is 1. The van der Waals surface area contributed by atoms with Crippen LogP contribution in [-0.2, 0) is 17.5 Å². The monoisotopic (exact) mass is 463 g/mol. The minimum atomic E-state index is -4.56. The van der Waals surface area contributed by atoms with E-state index >= 15 is 0 Å². The van der Waals surface area contributed by atoms with Crippen molar-refractivity contribution in [3.8, 4) is 5.75 Å². The summed E-state index contributed by atoms with van der Waals surface area (Å²) in [5, 5.41) is 13.5. The lowest BCUT2D eigenvalue weighted by Crippen LogP contribution is -2.52. The molecule has 0 radical (unpaired) electrons. The average Bonchev–Trinajstić information content (AvgIpc) is 2.78. The molecule has 4 rings (SSSR count). The van der Waals surface area contributed by atoms with Crippen LogP contribution in [0, 0.1) is 5.92 Å². The number of carboxylic acids is 1. The van der Waals surface area contributed by atoms with Gasteiger partial charge in [0, 0.05) is 6.54 Å². The number of aliphatic carboxylic acids is 1. The number of hydrogen-bond acceptors (Lipinski definition) is 3. The standard InChI is InChI=1S/C26H32F3NO3/c1-17-8-10-19(11-9-17)33-22-13-12-20-18(6-5-7-21(20)23(22)26(27,28)29)16-30-25(24(31)32)14-3-2-4-15-25/h5-7,12-13,17,19,30H,2-4,8-11,14-16H2,1H3,(H,31,32)/t17-,19+. The van der Waals surface area contributed by atoms with Crippen LogP contribution in [0.5, 0.6) is 5.75 Å². The van der Waals surface area contributed by atoms with Crippen LogP contribution in [0.4, 0.5) is 13.2 Å². The number of alkyl halides is 3. The van der Waals surface area contributed by atoms with Crippen LogP contribution in [0.25, 0.3) is 10.8 Å². The maximum Gasteiger partial charge on any atom is 0.420 e. The molecule has 7 heteroatoms. The highest BCUT2D eigenvalue weighted by atomic mass is 19.4. The van der Waals surface area contributed by atoms with Crippen molar-refractivity contribution in [2.75, 3.05) is 0 Å². The minimum absolute atomic E-state index is 0.0940. The highest BCUT2D eigenvalue weighted by Crippen LogP contribution is 2.43. The Bertz CT molecular complexity index is 990. The van der Waals surface area contributed by atoms with Crippen LogP contribution in [0.15, 0.2) is 30.3 Å². The molecule has 2 N–H and O–H groups in total. The van der Waals surface area contributed by atoms with Gasteiger partial charge in [-0.25, -0.2) is 0 Å². The van der Waals surface area contributed by atoms with Gasteiger partial charge in [-0.3, -0.25) is 10.1 Å². The second-order valence-corrected chi connectivity index (χ2v) is 9.75. The average molecular weight is 464 g/mol. The number of carboxylic acid groups (broad SMARTS) is 1. The van der Waals surface area contributed by atoms with Crippen molar-refractivity contribution in [2.24, 2.45) is 5.92 Å². The Morgan fingerprint density at radius 1 is 1.06 bits per heavy atom. The van der Waals surface area contributed by atoms with E-state index in [0.717, 1.165) is 44.9 Å². The number of nitrogens with one attached hydrogen (secondary N) is 1. The summed E-state index contributed by atoms with van der Waals surface area (Å²) in [7, 11) is 0. The molecule has 0 atom stereocenters.